The Hall–Kier alpha value is -5.29. The van der Waals surface area contributed by atoms with Gasteiger partial charge in [-0.05, 0) is 101 Å². The molecule has 3 aliphatic carbocycles. The Labute approximate surface area is 320 Å². The van der Waals surface area contributed by atoms with Crippen molar-refractivity contribution in [2.75, 3.05) is 19.1 Å². The standard InChI is InChI=1S/C44H36INO7/c1-52-36-21-25(22-37(53-2)41(36)49)13-20-34-30-18-19-31-39(43(51)46(42(31)50)29-16-14-28(45)15-17-29)33(30)23-35-40(48)32(26-9-5-3-6-10-26)24-38(47)44(34,35)27-11-7-4-8-12-27/h3-18,20-22,24,31,33-35,39,49H,19,23H2,1-2H3. The fraction of sp³-hybridized carbons (Fsp3) is 0.227. The molecular formula is C44H36INO7. The number of amides is 2. The average Bonchev–Trinajstić information content (AvgIpc) is 3.44. The molecule has 8 rings (SSSR count). The number of imide groups is 1. The Bertz CT molecular complexity index is 2220. The van der Waals surface area contributed by atoms with E-state index in [1.165, 1.54) is 25.2 Å². The molecule has 8 nitrogen and oxygen atoms in total. The third-order valence-electron chi connectivity index (χ3n) is 11.5. The van der Waals surface area contributed by atoms with E-state index in [0.717, 1.165) is 9.14 Å². The molecule has 53 heavy (non-hydrogen) atoms. The quantitative estimate of drug-likeness (QED) is 0.116. The Kier molecular flexibility index (Phi) is 8.92. The molecule has 0 spiro atoms. The number of anilines is 1. The first-order chi connectivity index (χ1) is 25.7. The number of methoxy groups -OCH3 is 2. The number of ketones is 2. The van der Waals surface area contributed by atoms with Gasteiger partial charge in [0.25, 0.3) is 0 Å². The van der Waals surface area contributed by atoms with E-state index in [1.807, 2.05) is 91.0 Å². The first-order valence-electron chi connectivity index (χ1n) is 17.6. The van der Waals surface area contributed by atoms with Crippen LogP contribution in [0.1, 0.15) is 29.5 Å². The van der Waals surface area contributed by atoms with Crippen LogP contribution in [0.4, 0.5) is 5.69 Å². The summed E-state index contributed by atoms with van der Waals surface area (Å²) in [6.45, 7) is 0. The molecule has 1 heterocycles. The second-order valence-electron chi connectivity index (χ2n) is 14.0. The van der Waals surface area contributed by atoms with Gasteiger partial charge in [0.1, 0.15) is 0 Å². The number of Topliss-reactive ketones (excluding diaryl/α,β-unsaturated/α-hetero) is 1. The third kappa shape index (κ3) is 5.47. The monoisotopic (exact) mass is 817 g/mol. The number of fused-ring (bicyclic) bond motifs is 4. The van der Waals surface area contributed by atoms with Crippen LogP contribution in [0.3, 0.4) is 0 Å². The molecule has 6 unspecified atom stereocenters. The van der Waals surface area contributed by atoms with E-state index >= 15 is 9.59 Å². The van der Waals surface area contributed by atoms with Crippen LogP contribution in [0.25, 0.3) is 11.6 Å². The number of benzene rings is 4. The smallest absolute Gasteiger partial charge is 0.238 e. The van der Waals surface area contributed by atoms with Gasteiger partial charge < -0.3 is 14.6 Å². The van der Waals surface area contributed by atoms with E-state index in [0.29, 0.717) is 34.4 Å². The topological polar surface area (TPSA) is 110 Å². The first kappa shape index (κ1) is 34.8. The van der Waals surface area contributed by atoms with Crippen molar-refractivity contribution in [2.24, 2.45) is 29.6 Å². The van der Waals surface area contributed by atoms with Gasteiger partial charge in [-0.3, -0.25) is 24.1 Å². The summed E-state index contributed by atoms with van der Waals surface area (Å²) in [7, 11) is 2.91. The van der Waals surface area contributed by atoms with Crippen LogP contribution in [0.2, 0.25) is 0 Å². The minimum absolute atomic E-state index is 0.138. The lowest BCUT2D eigenvalue weighted by Gasteiger charge is -2.54. The van der Waals surface area contributed by atoms with Gasteiger partial charge in [-0.15, -0.1) is 0 Å². The molecule has 1 saturated heterocycles. The molecule has 2 amide bonds. The number of aromatic hydroxyl groups is 1. The van der Waals surface area contributed by atoms with Crippen molar-refractivity contribution in [3.8, 4) is 17.2 Å². The second kappa shape index (κ2) is 13.6. The molecule has 1 saturated carbocycles. The fourth-order valence-electron chi connectivity index (χ4n) is 9.18. The number of phenols is 1. The van der Waals surface area contributed by atoms with Gasteiger partial charge in [-0.2, -0.15) is 0 Å². The van der Waals surface area contributed by atoms with Crippen LogP contribution in [-0.2, 0) is 24.6 Å². The third-order valence-corrected chi connectivity index (χ3v) is 12.2. The number of ether oxygens (including phenoxy) is 2. The zero-order valence-electron chi connectivity index (χ0n) is 29.1. The predicted octanol–water partition coefficient (Wildman–Crippen LogP) is 7.59. The maximum absolute atomic E-state index is 15.1. The van der Waals surface area contributed by atoms with Crippen molar-refractivity contribution < 1.29 is 33.8 Å². The summed E-state index contributed by atoms with van der Waals surface area (Å²) in [5, 5.41) is 10.6. The number of hydrogen-bond donors (Lipinski definition) is 1. The molecule has 0 bridgehead atoms. The van der Waals surface area contributed by atoms with Gasteiger partial charge in [0.05, 0.1) is 37.2 Å². The highest BCUT2D eigenvalue weighted by atomic mass is 127. The molecule has 4 aliphatic rings. The Balaban J connectivity index is 1.33. The van der Waals surface area contributed by atoms with Crippen LogP contribution in [0.5, 0.6) is 17.2 Å². The SMILES string of the molecule is COc1cc(C=CC2C3=CCC4C(=O)N(c5ccc(I)cc5)C(=O)C4C3CC3C(=O)C(c4ccccc4)=CC(=O)C23c2ccccc2)cc(OC)c1O. The van der Waals surface area contributed by atoms with Crippen LogP contribution >= 0.6 is 22.6 Å². The molecule has 0 aromatic heterocycles. The van der Waals surface area contributed by atoms with Gasteiger partial charge in [-0.25, -0.2) is 0 Å². The second-order valence-corrected chi connectivity index (χ2v) is 15.2. The lowest BCUT2D eigenvalue weighted by Crippen LogP contribution is -2.59. The maximum atomic E-state index is 15.1. The number of allylic oxidation sites excluding steroid dienone is 5. The summed E-state index contributed by atoms with van der Waals surface area (Å²) in [6.07, 6.45) is 7.88. The number of nitrogens with zero attached hydrogens (tertiary/aromatic N) is 1. The molecule has 4 aromatic carbocycles. The highest BCUT2D eigenvalue weighted by Gasteiger charge is 2.65. The molecule has 1 aliphatic heterocycles. The van der Waals surface area contributed by atoms with E-state index in [1.54, 1.807) is 24.3 Å². The molecule has 266 valence electrons. The van der Waals surface area contributed by atoms with Gasteiger partial charge in [0.2, 0.25) is 17.6 Å². The summed E-state index contributed by atoms with van der Waals surface area (Å²) in [5.74, 6) is -3.88. The number of hydrogen-bond acceptors (Lipinski definition) is 7. The van der Waals surface area contributed by atoms with Gasteiger partial charge in [-0.1, -0.05) is 84.5 Å². The van der Waals surface area contributed by atoms with Crippen molar-refractivity contribution in [1.29, 1.82) is 0 Å². The normalized spacial score (nSPS) is 26.5. The van der Waals surface area contributed by atoms with Crippen molar-refractivity contribution in [3.63, 3.8) is 0 Å². The average molecular weight is 818 g/mol. The van der Waals surface area contributed by atoms with Crippen LogP contribution < -0.4 is 14.4 Å². The van der Waals surface area contributed by atoms with Crippen LogP contribution in [0.15, 0.2) is 121 Å². The lowest BCUT2D eigenvalue weighted by atomic mass is 9.45. The predicted molar refractivity (Wildman–Crippen MR) is 209 cm³/mol. The van der Waals surface area contributed by atoms with E-state index < -0.39 is 35.0 Å². The number of rotatable bonds is 7. The lowest BCUT2D eigenvalue weighted by molar-refractivity contribution is -0.135. The molecule has 0 radical (unpaired) electrons. The van der Waals surface area contributed by atoms with Gasteiger partial charge in [0.15, 0.2) is 23.1 Å². The zero-order valence-corrected chi connectivity index (χ0v) is 31.2. The first-order valence-corrected chi connectivity index (χ1v) is 18.6. The van der Waals surface area contributed by atoms with E-state index in [2.05, 4.69) is 22.6 Å². The minimum atomic E-state index is -1.34. The van der Waals surface area contributed by atoms with Crippen molar-refractivity contribution in [3.05, 3.63) is 141 Å². The van der Waals surface area contributed by atoms with E-state index in [4.69, 9.17) is 9.47 Å². The fourth-order valence-corrected chi connectivity index (χ4v) is 9.54. The summed E-state index contributed by atoms with van der Waals surface area (Å²) >= 11 is 2.19. The number of halogens is 1. The summed E-state index contributed by atoms with van der Waals surface area (Å²) in [5.41, 5.74) is 2.39. The number of carbonyl (C=O) groups is 4. The molecular weight excluding hydrogens is 781 g/mol. The summed E-state index contributed by atoms with van der Waals surface area (Å²) in [4.78, 5) is 60.1. The molecule has 4 aromatic rings. The van der Waals surface area contributed by atoms with Crippen molar-refractivity contribution in [1.82, 2.24) is 0 Å². The van der Waals surface area contributed by atoms with E-state index in [-0.39, 0.29) is 47.1 Å². The van der Waals surface area contributed by atoms with E-state index in [9.17, 15) is 14.7 Å². The summed E-state index contributed by atoms with van der Waals surface area (Å²) < 4.78 is 11.8. The molecule has 2 fully saturated rings. The minimum Gasteiger partial charge on any atom is -0.502 e. The highest BCUT2D eigenvalue weighted by Crippen LogP contribution is 2.61. The number of carbonyl (C=O) groups excluding carboxylic acids is 4. The van der Waals surface area contributed by atoms with Gasteiger partial charge >= 0.3 is 0 Å². The van der Waals surface area contributed by atoms with Crippen molar-refractivity contribution >= 4 is 63.3 Å². The molecule has 9 heteroatoms. The summed E-state index contributed by atoms with van der Waals surface area (Å²) in [6, 6.07) is 29.3. The Morgan fingerprint density at radius 2 is 1.47 bits per heavy atom. The Morgan fingerprint density at radius 3 is 2.11 bits per heavy atom. The number of phenolic OH excluding ortho intramolecular Hbond substituents is 1. The largest absolute Gasteiger partial charge is 0.502 e. The molecule has 1 N–H and O–H groups in total. The zero-order chi connectivity index (χ0) is 37.0. The van der Waals surface area contributed by atoms with Crippen LogP contribution in [-0.4, -0.2) is 42.7 Å². The van der Waals surface area contributed by atoms with Gasteiger partial charge in [0, 0.05) is 21.0 Å². The van der Waals surface area contributed by atoms with Crippen molar-refractivity contribution in [2.45, 2.75) is 18.3 Å². The maximum Gasteiger partial charge on any atom is 0.238 e. The highest BCUT2D eigenvalue weighted by molar-refractivity contribution is 14.1. The molecule has 6 atom stereocenters. The Morgan fingerprint density at radius 1 is 0.830 bits per heavy atom. The van der Waals surface area contributed by atoms with Crippen LogP contribution in [0, 0.1) is 33.2 Å².